The molecule has 2 fully saturated rings. The Morgan fingerprint density at radius 2 is 1.85 bits per heavy atom. The van der Waals surface area contributed by atoms with Crippen molar-refractivity contribution in [1.82, 2.24) is 10.3 Å². The van der Waals surface area contributed by atoms with Crippen molar-refractivity contribution in [3.05, 3.63) is 41.8 Å². The first-order chi connectivity index (χ1) is 12.8. The minimum Gasteiger partial charge on any atom is -0.352 e. The average molecular weight is 368 g/mol. The van der Waals surface area contributed by atoms with Gasteiger partial charge in [-0.25, -0.2) is 4.39 Å². The largest absolute Gasteiger partial charge is 0.352 e. The molecule has 2 aliphatic rings. The highest BCUT2D eigenvalue weighted by molar-refractivity contribution is 5.82. The van der Waals surface area contributed by atoms with E-state index in [1.54, 1.807) is 12.1 Å². The SMILES string of the molecule is CC(C)(C)NC(=O)C[C@@H]1C[C@@H]2C[C@H](c3ccnc4ccc(F)cc34)C[C@@H]2C1. The number of carbonyl (C=O) groups excluding carboxylic acids is 1. The third-order valence-corrected chi connectivity index (χ3v) is 6.28. The minimum absolute atomic E-state index is 0.158. The van der Waals surface area contributed by atoms with Gasteiger partial charge in [0.05, 0.1) is 5.52 Å². The molecule has 0 unspecified atom stereocenters. The van der Waals surface area contributed by atoms with E-state index in [1.165, 1.54) is 11.6 Å². The lowest BCUT2D eigenvalue weighted by atomic mass is 9.89. The monoisotopic (exact) mass is 368 g/mol. The Balaban J connectivity index is 1.42. The number of hydrogen-bond donors (Lipinski definition) is 1. The molecule has 0 spiro atoms. The van der Waals surface area contributed by atoms with E-state index in [4.69, 9.17) is 0 Å². The Bertz CT molecular complexity index is 843. The Hall–Kier alpha value is -1.97. The van der Waals surface area contributed by atoms with Gasteiger partial charge in [-0.05, 0) is 100.0 Å². The number of amides is 1. The van der Waals surface area contributed by atoms with Gasteiger partial charge in [0.15, 0.2) is 0 Å². The van der Waals surface area contributed by atoms with Crippen LogP contribution in [0.4, 0.5) is 4.39 Å². The van der Waals surface area contributed by atoms with Crippen LogP contribution >= 0.6 is 0 Å². The molecule has 2 aliphatic carbocycles. The van der Waals surface area contributed by atoms with Crippen LogP contribution in [0.25, 0.3) is 10.9 Å². The van der Waals surface area contributed by atoms with Crippen LogP contribution in [0.3, 0.4) is 0 Å². The summed E-state index contributed by atoms with van der Waals surface area (Å²) >= 11 is 0. The number of fused-ring (bicyclic) bond motifs is 2. The Kier molecular flexibility index (Phi) is 4.69. The third kappa shape index (κ3) is 3.99. The van der Waals surface area contributed by atoms with Gasteiger partial charge in [0.1, 0.15) is 5.82 Å². The molecule has 0 aliphatic heterocycles. The molecule has 1 N–H and O–H groups in total. The normalized spacial score (nSPS) is 27.7. The predicted octanol–water partition coefficient (Wildman–Crippen LogP) is 5.20. The van der Waals surface area contributed by atoms with Gasteiger partial charge in [-0.2, -0.15) is 0 Å². The van der Waals surface area contributed by atoms with Crippen molar-refractivity contribution in [3.8, 4) is 0 Å². The van der Waals surface area contributed by atoms with E-state index >= 15 is 0 Å². The van der Waals surface area contributed by atoms with Crippen LogP contribution in [-0.4, -0.2) is 16.4 Å². The van der Waals surface area contributed by atoms with Crippen molar-refractivity contribution in [2.24, 2.45) is 17.8 Å². The second-order valence-electron chi connectivity index (χ2n) is 9.59. The summed E-state index contributed by atoms with van der Waals surface area (Å²) < 4.78 is 13.8. The second-order valence-corrected chi connectivity index (χ2v) is 9.59. The lowest BCUT2D eigenvalue weighted by Gasteiger charge is -2.22. The van der Waals surface area contributed by atoms with Crippen LogP contribution in [0, 0.1) is 23.6 Å². The quantitative estimate of drug-likeness (QED) is 0.809. The number of nitrogens with zero attached hydrogens (tertiary/aromatic N) is 1. The predicted molar refractivity (Wildman–Crippen MR) is 106 cm³/mol. The first-order valence-electron chi connectivity index (χ1n) is 10.1. The fourth-order valence-corrected chi connectivity index (χ4v) is 5.39. The number of nitrogens with one attached hydrogen (secondary N) is 1. The van der Waals surface area contributed by atoms with Crippen LogP contribution in [-0.2, 0) is 4.79 Å². The van der Waals surface area contributed by atoms with Gasteiger partial charge in [-0.1, -0.05) is 0 Å². The highest BCUT2D eigenvalue weighted by Gasteiger charge is 2.42. The Morgan fingerprint density at radius 1 is 1.15 bits per heavy atom. The van der Waals surface area contributed by atoms with E-state index in [9.17, 15) is 9.18 Å². The smallest absolute Gasteiger partial charge is 0.220 e. The van der Waals surface area contributed by atoms with Crippen molar-refractivity contribution in [1.29, 1.82) is 0 Å². The van der Waals surface area contributed by atoms with Crippen molar-refractivity contribution in [2.45, 2.75) is 64.3 Å². The fourth-order valence-electron chi connectivity index (χ4n) is 5.39. The van der Waals surface area contributed by atoms with E-state index in [1.807, 2.05) is 27.0 Å². The maximum atomic E-state index is 13.8. The molecule has 1 aromatic heterocycles. The fraction of sp³-hybridized carbons (Fsp3) is 0.565. The standard InChI is InChI=1S/C23H29FN2O/c1-23(2,3)26-22(27)10-14-8-15-11-17(12-16(15)9-14)19-6-7-25-21-5-4-18(24)13-20(19)21/h4-7,13-17H,8-12H2,1-3H3,(H,26,27)/t14-,15-,16+,17+. The van der Waals surface area contributed by atoms with Crippen LogP contribution in [0.15, 0.2) is 30.5 Å². The van der Waals surface area contributed by atoms with Gasteiger partial charge < -0.3 is 5.32 Å². The zero-order valence-corrected chi connectivity index (χ0v) is 16.5. The number of rotatable bonds is 3. The topological polar surface area (TPSA) is 42.0 Å². The van der Waals surface area contributed by atoms with E-state index in [0.717, 1.165) is 36.6 Å². The van der Waals surface area contributed by atoms with Gasteiger partial charge in [0.25, 0.3) is 0 Å². The lowest BCUT2D eigenvalue weighted by molar-refractivity contribution is -0.123. The van der Waals surface area contributed by atoms with Crippen molar-refractivity contribution in [2.75, 3.05) is 0 Å². The minimum atomic E-state index is -0.195. The number of pyridine rings is 1. The molecule has 4 heteroatoms. The maximum absolute atomic E-state index is 13.8. The van der Waals surface area contributed by atoms with E-state index < -0.39 is 0 Å². The summed E-state index contributed by atoms with van der Waals surface area (Å²) in [4.78, 5) is 16.6. The van der Waals surface area contributed by atoms with Crippen molar-refractivity contribution < 1.29 is 9.18 Å². The van der Waals surface area contributed by atoms with Crippen molar-refractivity contribution >= 4 is 16.8 Å². The molecule has 2 saturated carbocycles. The summed E-state index contributed by atoms with van der Waals surface area (Å²) in [6.45, 7) is 6.09. The molecule has 27 heavy (non-hydrogen) atoms. The zero-order valence-electron chi connectivity index (χ0n) is 16.5. The maximum Gasteiger partial charge on any atom is 0.220 e. The molecule has 1 heterocycles. The Morgan fingerprint density at radius 3 is 2.52 bits per heavy atom. The van der Waals surface area contributed by atoms with Crippen LogP contribution in [0.5, 0.6) is 0 Å². The molecular weight excluding hydrogens is 339 g/mol. The van der Waals surface area contributed by atoms with E-state index in [2.05, 4.69) is 16.4 Å². The van der Waals surface area contributed by atoms with E-state index in [0.29, 0.717) is 30.1 Å². The molecule has 2 aromatic rings. The molecule has 0 radical (unpaired) electrons. The van der Waals surface area contributed by atoms with E-state index in [-0.39, 0.29) is 17.3 Å². The van der Waals surface area contributed by atoms with Crippen LogP contribution < -0.4 is 5.32 Å². The second kappa shape index (κ2) is 6.88. The molecule has 1 amide bonds. The summed E-state index contributed by atoms with van der Waals surface area (Å²) in [5.41, 5.74) is 1.97. The zero-order chi connectivity index (χ0) is 19.2. The molecule has 0 saturated heterocycles. The number of carbonyl (C=O) groups is 1. The number of aromatic nitrogens is 1. The molecule has 3 nitrogen and oxygen atoms in total. The molecule has 4 atom stereocenters. The summed E-state index contributed by atoms with van der Waals surface area (Å²) in [5, 5.41) is 4.05. The number of benzene rings is 1. The molecule has 1 aromatic carbocycles. The average Bonchev–Trinajstić information content (AvgIpc) is 3.10. The summed E-state index contributed by atoms with van der Waals surface area (Å²) in [6.07, 6.45) is 7.10. The molecular formula is C23H29FN2O. The first-order valence-corrected chi connectivity index (χ1v) is 10.1. The summed E-state index contributed by atoms with van der Waals surface area (Å²) in [6, 6.07) is 6.96. The highest BCUT2D eigenvalue weighted by atomic mass is 19.1. The molecule has 4 rings (SSSR count). The lowest BCUT2D eigenvalue weighted by Crippen LogP contribution is -2.41. The first kappa shape index (κ1) is 18.4. The number of hydrogen-bond acceptors (Lipinski definition) is 2. The molecule has 0 bridgehead atoms. The van der Waals surface area contributed by atoms with Crippen LogP contribution in [0.1, 0.15) is 64.4 Å². The van der Waals surface area contributed by atoms with Crippen LogP contribution in [0.2, 0.25) is 0 Å². The summed E-state index contributed by atoms with van der Waals surface area (Å²) in [5.74, 6) is 2.37. The van der Waals surface area contributed by atoms with Gasteiger partial charge in [0, 0.05) is 23.5 Å². The van der Waals surface area contributed by atoms with Gasteiger partial charge in [-0.15, -0.1) is 0 Å². The Labute approximate surface area is 160 Å². The van der Waals surface area contributed by atoms with Gasteiger partial charge in [-0.3, -0.25) is 9.78 Å². The number of halogens is 1. The third-order valence-electron chi connectivity index (χ3n) is 6.28. The molecule has 144 valence electrons. The highest BCUT2D eigenvalue weighted by Crippen LogP contribution is 2.53. The van der Waals surface area contributed by atoms with Crippen molar-refractivity contribution in [3.63, 3.8) is 0 Å². The summed E-state index contributed by atoms with van der Waals surface area (Å²) in [7, 11) is 0. The van der Waals surface area contributed by atoms with Gasteiger partial charge >= 0.3 is 0 Å². The van der Waals surface area contributed by atoms with Gasteiger partial charge in [0.2, 0.25) is 5.91 Å².